The number of anilines is 1. The Labute approximate surface area is 88.2 Å². The third kappa shape index (κ3) is 2.07. The van der Waals surface area contributed by atoms with Crippen LogP contribution in [0.15, 0.2) is 18.5 Å². The first-order valence-electron chi connectivity index (χ1n) is 5.04. The van der Waals surface area contributed by atoms with Crippen LogP contribution in [0.4, 0.5) is 10.1 Å². The maximum atomic E-state index is 13.2. The fraction of sp³-hybridized carbons (Fsp3) is 0.455. The molecule has 0 spiro atoms. The van der Waals surface area contributed by atoms with Gasteiger partial charge in [0.15, 0.2) is 0 Å². The predicted octanol–water partition coefficient (Wildman–Crippen LogP) is 1.89. The quantitative estimate of drug-likeness (QED) is 0.702. The number of hydrogen-bond acceptors (Lipinski definition) is 3. The molecule has 0 aliphatic carbocycles. The molecule has 4 heteroatoms. The van der Waals surface area contributed by atoms with Crippen LogP contribution in [0.3, 0.4) is 0 Å². The number of hydrogen-bond donors (Lipinski definition) is 0. The summed E-state index contributed by atoms with van der Waals surface area (Å²) in [6.07, 6.45) is 3.89. The minimum atomic E-state index is -0.787. The van der Waals surface area contributed by atoms with E-state index < -0.39 is 6.17 Å². The van der Waals surface area contributed by atoms with Crippen LogP contribution in [0.1, 0.15) is 18.4 Å². The Hall–Kier alpha value is -1.63. The third-order valence-electron chi connectivity index (χ3n) is 2.63. The summed E-state index contributed by atoms with van der Waals surface area (Å²) < 4.78 is 13.2. The number of pyridine rings is 1. The first-order valence-corrected chi connectivity index (χ1v) is 5.04. The number of alkyl halides is 1. The average molecular weight is 205 g/mol. The van der Waals surface area contributed by atoms with E-state index in [9.17, 15) is 4.39 Å². The highest BCUT2D eigenvalue weighted by atomic mass is 19.1. The molecule has 0 amide bonds. The zero-order valence-corrected chi connectivity index (χ0v) is 8.36. The van der Waals surface area contributed by atoms with Gasteiger partial charge in [-0.25, -0.2) is 4.39 Å². The summed E-state index contributed by atoms with van der Waals surface area (Å²) in [5, 5.41) is 8.92. The van der Waals surface area contributed by atoms with Gasteiger partial charge in [-0.15, -0.1) is 0 Å². The van der Waals surface area contributed by atoms with Gasteiger partial charge in [-0.05, 0) is 18.9 Å². The maximum absolute atomic E-state index is 13.2. The van der Waals surface area contributed by atoms with Gasteiger partial charge < -0.3 is 4.90 Å². The van der Waals surface area contributed by atoms with E-state index in [0.717, 1.165) is 18.7 Å². The molecule has 78 valence electrons. The molecule has 0 N–H and O–H groups in total. The summed E-state index contributed by atoms with van der Waals surface area (Å²) in [5.74, 6) is 0. The predicted molar refractivity (Wildman–Crippen MR) is 55.3 cm³/mol. The number of halogens is 1. The van der Waals surface area contributed by atoms with E-state index in [0.29, 0.717) is 18.5 Å². The van der Waals surface area contributed by atoms with E-state index >= 15 is 0 Å². The van der Waals surface area contributed by atoms with Crippen LogP contribution in [-0.2, 0) is 0 Å². The summed E-state index contributed by atoms with van der Waals surface area (Å²) >= 11 is 0. The van der Waals surface area contributed by atoms with Crippen LogP contribution >= 0.6 is 0 Å². The summed E-state index contributed by atoms with van der Waals surface area (Å²) in [7, 11) is 0. The number of aromatic nitrogens is 1. The second-order valence-electron chi connectivity index (χ2n) is 3.69. The van der Waals surface area contributed by atoms with Crippen molar-refractivity contribution >= 4 is 5.69 Å². The van der Waals surface area contributed by atoms with Crippen LogP contribution in [0, 0.1) is 11.3 Å². The highest BCUT2D eigenvalue weighted by molar-refractivity contribution is 5.57. The number of piperidine rings is 1. The van der Waals surface area contributed by atoms with Gasteiger partial charge in [0.2, 0.25) is 0 Å². The lowest BCUT2D eigenvalue weighted by atomic mass is 10.1. The van der Waals surface area contributed by atoms with Gasteiger partial charge in [-0.1, -0.05) is 0 Å². The van der Waals surface area contributed by atoms with Crippen molar-refractivity contribution < 1.29 is 4.39 Å². The van der Waals surface area contributed by atoms with Crippen molar-refractivity contribution in [3.63, 3.8) is 0 Å². The lowest BCUT2D eigenvalue weighted by molar-refractivity contribution is 0.286. The standard InChI is InChI=1S/C11H12FN3/c12-10-2-1-5-15(8-10)11-7-14-4-3-9(11)6-13/h3-4,7,10H,1-2,5,8H2. The zero-order chi connectivity index (χ0) is 10.7. The van der Waals surface area contributed by atoms with Crippen LogP contribution in [0.25, 0.3) is 0 Å². The highest BCUT2D eigenvalue weighted by Crippen LogP contribution is 2.23. The molecule has 2 heterocycles. The first-order chi connectivity index (χ1) is 7.31. The molecule has 1 aliphatic heterocycles. The lowest BCUT2D eigenvalue weighted by Crippen LogP contribution is -2.36. The summed E-state index contributed by atoms with van der Waals surface area (Å²) in [4.78, 5) is 5.88. The van der Waals surface area contributed by atoms with E-state index in [4.69, 9.17) is 5.26 Å². The van der Waals surface area contributed by atoms with Crippen LogP contribution in [0.2, 0.25) is 0 Å². The molecule has 0 radical (unpaired) electrons. The van der Waals surface area contributed by atoms with Gasteiger partial charge >= 0.3 is 0 Å². The number of rotatable bonds is 1. The monoisotopic (exact) mass is 205 g/mol. The van der Waals surface area contributed by atoms with Crippen LogP contribution in [-0.4, -0.2) is 24.2 Å². The molecule has 1 aromatic heterocycles. The van der Waals surface area contributed by atoms with E-state index in [2.05, 4.69) is 11.1 Å². The molecule has 1 aliphatic rings. The largest absolute Gasteiger partial charge is 0.366 e. The van der Waals surface area contributed by atoms with Crippen molar-refractivity contribution in [2.75, 3.05) is 18.0 Å². The molecule has 0 saturated carbocycles. The Morgan fingerprint density at radius 1 is 1.60 bits per heavy atom. The fourth-order valence-corrected chi connectivity index (χ4v) is 1.88. The van der Waals surface area contributed by atoms with Gasteiger partial charge in [-0.3, -0.25) is 4.98 Å². The maximum Gasteiger partial charge on any atom is 0.118 e. The lowest BCUT2D eigenvalue weighted by Gasteiger charge is -2.31. The second-order valence-corrected chi connectivity index (χ2v) is 3.69. The summed E-state index contributed by atoms with van der Waals surface area (Å²) in [6, 6.07) is 3.77. The van der Waals surface area contributed by atoms with E-state index in [1.165, 1.54) is 0 Å². The molecule has 2 rings (SSSR count). The molecule has 1 unspecified atom stereocenters. The molecule has 1 aromatic rings. The van der Waals surface area contributed by atoms with Gasteiger partial charge in [-0.2, -0.15) is 5.26 Å². The van der Waals surface area contributed by atoms with Crippen molar-refractivity contribution in [3.05, 3.63) is 24.0 Å². The molecule has 1 atom stereocenters. The molecule has 0 aromatic carbocycles. The van der Waals surface area contributed by atoms with Crippen molar-refractivity contribution in [2.24, 2.45) is 0 Å². The second kappa shape index (κ2) is 4.26. The van der Waals surface area contributed by atoms with Gasteiger partial charge in [0.1, 0.15) is 12.2 Å². The number of nitrogens with zero attached hydrogens (tertiary/aromatic N) is 3. The Kier molecular flexibility index (Phi) is 2.82. The molecule has 1 saturated heterocycles. The Balaban J connectivity index is 2.25. The van der Waals surface area contributed by atoms with E-state index in [1.54, 1.807) is 18.5 Å². The summed E-state index contributed by atoms with van der Waals surface area (Å²) in [5.41, 5.74) is 1.32. The molecule has 1 fully saturated rings. The highest BCUT2D eigenvalue weighted by Gasteiger charge is 2.21. The first kappa shape index (κ1) is 9.91. The molecular formula is C11H12FN3. The smallest absolute Gasteiger partial charge is 0.118 e. The van der Waals surface area contributed by atoms with Crippen LogP contribution < -0.4 is 4.90 Å². The van der Waals surface area contributed by atoms with Crippen molar-refractivity contribution in [1.29, 1.82) is 5.26 Å². The van der Waals surface area contributed by atoms with Gasteiger partial charge in [0, 0.05) is 19.3 Å². The van der Waals surface area contributed by atoms with Crippen LogP contribution in [0.5, 0.6) is 0 Å². The van der Waals surface area contributed by atoms with Gasteiger partial charge in [0.05, 0.1) is 17.4 Å². The fourth-order valence-electron chi connectivity index (χ4n) is 1.88. The van der Waals surface area contributed by atoms with Crippen molar-refractivity contribution in [3.8, 4) is 6.07 Å². The van der Waals surface area contributed by atoms with Crippen molar-refractivity contribution in [1.82, 2.24) is 4.98 Å². The Bertz CT molecular complexity index is 386. The number of nitriles is 1. The SMILES string of the molecule is N#Cc1ccncc1N1CCCC(F)C1. The van der Waals surface area contributed by atoms with E-state index in [1.807, 2.05) is 4.90 Å². The minimum Gasteiger partial charge on any atom is -0.366 e. The zero-order valence-electron chi connectivity index (χ0n) is 8.36. The molecule has 3 nitrogen and oxygen atoms in total. The minimum absolute atomic E-state index is 0.375. The van der Waals surface area contributed by atoms with Crippen molar-refractivity contribution in [2.45, 2.75) is 19.0 Å². The Morgan fingerprint density at radius 2 is 2.47 bits per heavy atom. The topological polar surface area (TPSA) is 39.9 Å². The Morgan fingerprint density at radius 3 is 3.20 bits per heavy atom. The van der Waals surface area contributed by atoms with Gasteiger partial charge in [0.25, 0.3) is 0 Å². The summed E-state index contributed by atoms with van der Waals surface area (Å²) in [6.45, 7) is 1.18. The molecule has 0 bridgehead atoms. The normalized spacial score (nSPS) is 21.1. The average Bonchev–Trinajstić information content (AvgIpc) is 2.29. The molecule has 15 heavy (non-hydrogen) atoms. The van der Waals surface area contributed by atoms with E-state index in [-0.39, 0.29) is 0 Å². The molecular weight excluding hydrogens is 193 g/mol. The third-order valence-corrected chi connectivity index (χ3v) is 2.63.